The molecule has 0 atom stereocenters. The highest BCUT2D eigenvalue weighted by Gasteiger charge is 2.22. The molecule has 0 aromatic heterocycles. The van der Waals surface area contributed by atoms with Gasteiger partial charge >= 0.3 is 0 Å². The van der Waals surface area contributed by atoms with Gasteiger partial charge in [0.05, 0.1) is 5.71 Å². The Bertz CT molecular complexity index is 436. The molecule has 0 unspecified atom stereocenters. The molecular weight excluding hydrogens is 238 g/mol. The first-order valence-corrected chi connectivity index (χ1v) is 6.05. The lowest BCUT2D eigenvalue weighted by Crippen LogP contribution is -2.26. The van der Waals surface area contributed by atoms with Gasteiger partial charge in [0.2, 0.25) is 0 Å². The summed E-state index contributed by atoms with van der Waals surface area (Å²) in [5.41, 5.74) is 0.316. The molecule has 0 amide bonds. The van der Waals surface area contributed by atoms with Crippen LogP contribution in [0.3, 0.4) is 0 Å². The summed E-state index contributed by atoms with van der Waals surface area (Å²) in [5.74, 6) is 0. The molecular formula is C7H9N3O3S2. The van der Waals surface area contributed by atoms with Crippen molar-refractivity contribution in [1.82, 2.24) is 4.89 Å². The van der Waals surface area contributed by atoms with Crippen LogP contribution in [0, 0.1) is 0 Å². The SMILES string of the molecule is C=NS/N=C1\CC=CC=C1S(=O)(=O)NO. The van der Waals surface area contributed by atoms with E-state index >= 15 is 0 Å². The van der Waals surface area contributed by atoms with E-state index in [0.29, 0.717) is 12.1 Å². The molecule has 0 aromatic carbocycles. The minimum Gasteiger partial charge on any atom is -0.302 e. The van der Waals surface area contributed by atoms with Crippen molar-refractivity contribution in [3.8, 4) is 0 Å². The second-order valence-electron chi connectivity index (χ2n) is 2.51. The molecule has 0 bridgehead atoms. The highest BCUT2D eigenvalue weighted by atomic mass is 32.2. The summed E-state index contributed by atoms with van der Waals surface area (Å²) in [5, 5.41) is 8.49. The van der Waals surface area contributed by atoms with Crippen LogP contribution in [0.1, 0.15) is 6.42 Å². The maximum absolute atomic E-state index is 11.3. The summed E-state index contributed by atoms with van der Waals surface area (Å²) in [6.45, 7) is 3.21. The van der Waals surface area contributed by atoms with E-state index in [0.717, 1.165) is 12.1 Å². The molecule has 0 spiro atoms. The fourth-order valence-electron chi connectivity index (χ4n) is 0.986. The Morgan fingerprint density at radius 1 is 1.60 bits per heavy atom. The zero-order valence-corrected chi connectivity index (χ0v) is 9.25. The number of rotatable bonds is 4. The number of allylic oxidation sites excluding steroid dienone is 4. The molecule has 8 heteroatoms. The van der Waals surface area contributed by atoms with E-state index in [1.807, 2.05) is 0 Å². The van der Waals surface area contributed by atoms with E-state index in [1.165, 1.54) is 11.0 Å². The lowest BCUT2D eigenvalue weighted by atomic mass is 10.1. The fraction of sp³-hybridized carbons (Fsp3) is 0.143. The zero-order chi connectivity index (χ0) is 11.3. The van der Waals surface area contributed by atoms with Gasteiger partial charge in [-0.15, -0.1) is 0 Å². The molecule has 2 N–H and O–H groups in total. The Hall–Kier alpha value is -0.960. The molecule has 1 rings (SSSR count). The summed E-state index contributed by atoms with van der Waals surface area (Å²) in [4.78, 5) is 1.19. The lowest BCUT2D eigenvalue weighted by Gasteiger charge is -2.10. The molecule has 0 saturated carbocycles. The van der Waals surface area contributed by atoms with Crippen LogP contribution >= 0.6 is 12.1 Å². The van der Waals surface area contributed by atoms with Gasteiger partial charge in [0.1, 0.15) is 17.0 Å². The first-order chi connectivity index (χ1) is 7.11. The van der Waals surface area contributed by atoms with Gasteiger partial charge in [-0.25, -0.2) is 12.8 Å². The van der Waals surface area contributed by atoms with Crippen molar-refractivity contribution in [1.29, 1.82) is 0 Å². The van der Waals surface area contributed by atoms with Crippen LogP contribution in [0.25, 0.3) is 0 Å². The molecule has 15 heavy (non-hydrogen) atoms. The van der Waals surface area contributed by atoms with Crippen LogP contribution in [0.5, 0.6) is 0 Å². The summed E-state index contributed by atoms with van der Waals surface area (Å²) in [6.07, 6.45) is 5.05. The normalized spacial score (nSPS) is 19.0. The third-order valence-electron chi connectivity index (χ3n) is 1.60. The van der Waals surface area contributed by atoms with Gasteiger partial charge in [-0.05, 0) is 6.08 Å². The van der Waals surface area contributed by atoms with E-state index in [9.17, 15) is 8.42 Å². The lowest BCUT2D eigenvalue weighted by molar-refractivity contribution is 0.244. The van der Waals surface area contributed by atoms with Gasteiger partial charge < -0.3 is 5.21 Å². The largest absolute Gasteiger partial charge is 0.302 e. The third-order valence-corrected chi connectivity index (χ3v) is 3.21. The van der Waals surface area contributed by atoms with Crippen molar-refractivity contribution < 1.29 is 13.6 Å². The van der Waals surface area contributed by atoms with Crippen LogP contribution in [-0.4, -0.2) is 26.1 Å². The standard InChI is InChI=1S/C7H9N3O3S2/c1-8-14-9-6-4-2-3-5-7(6)15(12,13)10-11/h2-3,5,10-11H,1,4H2/b9-6+. The van der Waals surface area contributed by atoms with Gasteiger partial charge in [-0.1, -0.05) is 17.0 Å². The van der Waals surface area contributed by atoms with E-state index < -0.39 is 10.0 Å². The Balaban J connectivity index is 3.07. The fourth-order valence-corrected chi connectivity index (χ4v) is 2.17. The average molecular weight is 247 g/mol. The molecule has 0 fully saturated rings. The van der Waals surface area contributed by atoms with E-state index in [-0.39, 0.29) is 4.91 Å². The number of nitrogens with one attached hydrogen (secondary N) is 1. The number of sulfonamides is 1. The van der Waals surface area contributed by atoms with E-state index in [1.54, 1.807) is 12.2 Å². The number of nitrogens with zero attached hydrogens (tertiary/aromatic N) is 2. The van der Waals surface area contributed by atoms with Crippen molar-refractivity contribution in [2.45, 2.75) is 6.42 Å². The molecule has 0 heterocycles. The molecule has 1 aliphatic carbocycles. The molecule has 0 aromatic rings. The van der Waals surface area contributed by atoms with Crippen LogP contribution < -0.4 is 4.89 Å². The summed E-state index contributed by atoms with van der Waals surface area (Å²) < 4.78 is 29.9. The summed E-state index contributed by atoms with van der Waals surface area (Å²) >= 11 is 0.798. The van der Waals surface area contributed by atoms with Crippen molar-refractivity contribution in [2.75, 3.05) is 0 Å². The average Bonchev–Trinajstić information content (AvgIpc) is 2.26. The first-order valence-electron chi connectivity index (χ1n) is 3.84. The zero-order valence-electron chi connectivity index (χ0n) is 7.62. The predicted molar refractivity (Wildman–Crippen MR) is 60.3 cm³/mol. The van der Waals surface area contributed by atoms with E-state index in [4.69, 9.17) is 5.21 Å². The maximum Gasteiger partial charge on any atom is 0.264 e. The van der Waals surface area contributed by atoms with Crippen LogP contribution in [0.4, 0.5) is 0 Å². The van der Waals surface area contributed by atoms with Crippen LogP contribution in [0.15, 0.2) is 31.9 Å². The van der Waals surface area contributed by atoms with Crippen molar-refractivity contribution >= 4 is 34.6 Å². The number of hydrogen-bond donors (Lipinski definition) is 2. The Morgan fingerprint density at radius 3 is 2.93 bits per heavy atom. The summed E-state index contributed by atoms with van der Waals surface area (Å²) in [6, 6.07) is 0. The Morgan fingerprint density at radius 2 is 2.33 bits per heavy atom. The van der Waals surface area contributed by atoms with E-state index in [2.05, 4.69) is 15.5 Å². The molecule has 0 saturated heterocycles. The summed E-state index contributed by atoms with van der Waals surface area (Å²) in [7, 11) is -3.89. The van der Waals surface area contributed by atoms with Gasteiger partial charge in [-0.3, -0.25) is 0 Å². The highest BCUT2D eigenvalue weighted by molar-refractivity contribution is 7.97. The Labute approximate surface area is 91.8 Å². The molecule has 82 valence electrons. The monoisotopic (exact) mass is 247 g/mol. The molecule has 6 nitrogen and oxygen atoms in total. The minimum absolute atomic E-state index is 0.0661. The van der Waals surface area contributed by atoms with Gasteiger partial charge in [0, 0.05) is 13.1 Å². The third kappa shape index (κ3) is 2.99. The maximum atomic E-state index is 11.3. The van der Waals surface area contributed by atoms with Gasteiger partial charge in [0.15, 0.2) is 0 Å². The topological polar surface area (TPSA) is 91.1 Å². The van der Waals surface area contributed by atoms with Crippen LogP contribution in [-0.2, 0) is 10.0 Å². The van der Waals surface area contributed by atoms with Crippen molar-refractivity contribution in [2.24, 2.45) is 8.80 Å². The minimum atomic E-state index is -3.89. The second-order valence-corrected chi connectivity index (χ2v) is 4.74. The van der Waals surface area contributed by atoms with Crippen molar-refractivity contribution in [3.63, 3.8) is 0 Å². The first kappa shape index (κ1) is 12.1. The van der Waals surface area contributed by atoms with Crippen LogP contribution in [0.2, 0.25) is 0 Å². The van der Waals surface area contributed by atoms with Gasteiger partial charge in [0.25, 0.3) is 10.0 Å². The second kappa shape index (κ2) is 5.21. The predicted octanol–water partition coefficient (Wildman–Crippen LogP) is 0.844. The quantitative estimate of drug-likeness (QED) is 0.437. The molecule has 0 radical (unpaired) electrons. The Kier molecular flexibility index (Phi) is 4.21. The molecule has 1 aliphatic rings. The molecule has 0 aliphatic heterocycles. The highest BCUT2D eigenvalue weighted by Crippen LogP contribution is 2.18. The smallest absolute Gasteiger partial charge is 0.264 e. The van der Waals surface area contributed by atoms with Gasteiger partial charge in [-0.2, -0.15) is 4.40 Å². The number of hydrogen-bond acceptors (Lipinski definition) is 6. The van der Waals surface area contributed by atoms with Crippen molar-refractivity contribution in [3.05, 3.63) is 23.1 Å².